The van der Waals surface area contributed by atoms with Crippen molar-refractivity contribution in [3.05, 3.63) is 59.7 Å². The summed E-state index contributed by atoms with van der Waals surface area (Å²) in [6.07, 6.45) is 1.19. The van der Waals surface area contributed by atoms with Crippen LogP contribution in [0.25, 0.3) is 0 Å². The summed E-state index contributed by atoms with van der Waals surface area (Å²) in [7, 11) is -7.97. The molecule has 0 amide bonds. The van der Waals surface area contributed by atoms with E-state index in [-0.39, 0.29) is 42.6 Å². The summed E-state index contributed by atoms with van der Waals surface area (Å²) in [5.74, 6) is -0.400. The number of hydrogen-bond donors (Lipinski definition) is 0. The van der Waals surface area contributed by atoms with Crippen molar-refractivity contribution >= 4 is 26.2 Å². The van der Waals surface area contributed by atoms with Crippen LogP contribution in [-0.4, -0.2) is 54.8 Å². The molecule has 11 heteroatoms. The number of carbonyl (C=O) groups excluding carboxylic acids is 1. The Balaban J connectivity index is 2.07. The first-order chi connectivity index (χ1) is 18.6. The van der Waals surface area contributed by atoms with Crippen molar-refractivity contribution in [2.75, 3.05) is 26.4 Å². The molecule has 0 fully saturated rings. The zero-order chi connectivity index (χ0) is 30.0. The number of esters is 1. The van der Waals surface area contributed by atoms with Gasteiger partial charge in [0.15, 0.2) is 0 Å². The lowest BCUT2D eigenvalue weighted by atomic mass is 9.82. The van der Waals surface area contributed by atoms with Crippen LogP contribution < -0.4 is 0 Å². The highest BCUT2D eigenvalue weighted by atomic mass is 32.2. The van der Waals surface area contributed by atoms with E-state index < -0.39 is 37.2 Å². The second-order valence-electron chi connectivity index (χ2n) is 11.0. The van der Waals surface area contributed by atoms with E-state index in [0.29, 0.717) is 19.3 Å². The molecule has 0 saturated heterocycles. The molecule has 0 N–H and O–H groups in total. The van der Waals surface area contributed by atoms with Crippen molar-refractivity contribution in [3.8, 4) is 0 Å². The Kier molecular flexibility index (Phi) is 12.3. The molecular weight excluding hydrogens is 556 g/mol. The first-order valence-corrected chi connectivity index (χ1v) is 16.1. The molecule has 40 heavy (non-hydrogen) atoms. The fourth-order valence-corrected chi connectivity index (χ4v) is 5.72. The molecule has 0 spiro atoms. The first-order valence-electron chi connectivity index (χ1n) is 13.3. The minimum absolute atomic E-state index is 0.0392. The van der Waals surface area contributed by atoms with E-state index in [9.17, 15) is 21.6 Å². The monoisotopic (exact) mass is 598 g/mol. The van der Waals surface area contributed by atoms with Crippen LogP contribution >= 0.6 is 0 Å². The van der Waals surface area contributed by atoms with Crippen molar-refractivity contribution in [2.45, 2.75) is 82.6 Å². The fraction of sp³-hybridized carbons (Fsp3) is 0.552. The minimum atomic E-state index is -4.03. The van der Waals surface area contributed by atoms with Crippen LogP contribution in [-0.2, 0) is 42.9 Å². The van der Waals surface area contributed by atoms with E-state index in [1.807, 2.05) is 20.8 Å². The number of carbonyl (C=O) groups is 1. The van der Waals surface area contributed by atoms with Gasteiger partial charge in [0, 0.05) is 5.41 Å². The molecule has 0 bridgehead atoms. The molecule has 0 saturated carbocycles. The lowest BCUT2D eigenvalue weighted by molar-refractivity contribution is -0.156. The van der Waals surface area contributed by atoms with Crippen LogP contribution in [0.3, 0.4) is 0 Å². The molecule has 0 aliphatic heterocycles. The molecule has 224 valence electrons. The highest BCUT2D eigenvalue weighted by Crippen LogP contribution is 2.31. The molecule has 0 aliphatic carbocycles. The smallest absolute Gasteiger partial charge is 0.308 e. The average Bonchev–Trinajstić information content (AvgIpc) is 2.87. The summed E-state index contributed by atoms with van der Waals surface area (Å²) in [6.45, 7) is 10.8. The number of aryl methyl sites for hydroxylation is 2. The third-order valence-electron chi connectivity index (χ3n) is 6.26. The van der Waals surface area contributed by atoms with E-state index in [1.165, 1.54) is 24.3 Å². The number of hydrogen-bond acceptors (Lipinski definition) is 9. The van der Waals surface area contributed by atoms with Crippen molar-refractivity contribution in [1.29, 1.82) is 0 Å². The van der Waals surface area contributed by atoms with Gasteiger partial charge in [0.25, 0.3) is 20.2 Å². The van der Waals surface area contributed by atoms with E-state index in [4.69, 9.17) is 17.8 Å². The van der Waals surface area contributed by atoms with E-state index in [2.05, 4.69) is 0 Å². The molecule has 0 aromatic heterocycles. The third kappa shape index (κ3) is 11.3. The Bertz CT molecular complexity index is 1290. The standard InChI is InChI=1S/C29H42O9S2/c1-7-29(21-35-20-17-27(30)38-28(4,5)6,22-37-40(33,34)26-15-11-24(3)12-16-26)18-8-19-36-39(31,32)25-13-9-23(2)10-14-25/h9-16H,7-8,17-22H2,1-6H3. The molecule has 2 rings (SSSR count). The molecular formula is C29H42O9S2. The Morgan fingerprint density at radius 3 is 1.73 bits per heavy atom. The molecule has 0 aliphatic rings. The lowest BCUT2D eigenvalue weighted by Crippen LogP contribution is -2.34. The molecule has 0 heterocycles. The fourth-order valence-electron chi connectivity index (χ4n) is 3.77. The summed E-state index contributed by atoms with van der Waals surface area (Å²) < 4.78 is 72.7. The summed E-state index contributed by atoms with van der Waals surface area (Å²) in [5.41, 5.74) is 0.462. The first kappa shape index (κ1) is 33.9. The Hall–Kier alpha value is -2.31. The van der Waals surface area contributed by atoms with Crippen molar-refractivity contribution in [3.63, 3.8) is 0 Å². The Morgan fingerprint density at radius 1 is 0.750 bits per heavy atom. The zero-order valence-electron chi connectivity index (χ0n) is 24.3. The van der Waals surface area contributed by atoms with Crippen molar-refractivity contribution in [1.82, 2.24) is 0 Å². The van der Waals surface area contributed by atoms with Crippen LogP contribution in [0.5, 0.6) is 0 Å². The topological polar surface area (TPSA) is 122 Å². The SMILES string of the molecule is CCC(CCCOS(=O)(=O)c1ccc(C)cc1)(COCCC(=O)OC(C)(C)C)COS(=O)(=O)c1ccc(C)cc1. The normalized spacial score (nSPS) is 14.1. The summed E-state index contributed by atoms with van der Waals surface area (Å²) in [4.78, 5) is 12.2. The molecule has 0 radical (unpaired) electrons. The molecule has 1 unspecified atom stereocenters. The second-order valence-corrected chi connectivity index (χ2v) is 14.2. The van der Waals surface area contributed by atoms with Gasteiger partial charge in [-0.05, 0) is 78.1 Å². The largest absolute Gasteiger partial charge is 0.460 e. The predicted octanol–water partition coefficient (Wildman–Crippen LogP) is 5.34. The van der Waals surface area contributed by atoms with Gasteiger partial charge in [0.1, 0.15) is 5.60 Å². The molecule has 9 nitrogen and oxygen atoms in total. The maximum Gasteiger partial charge on any atom is 0.308 e. The lowest BCUT2D eigenvalue weighted by Gasteiger charge is -2.32. The summed E-state index contributed by atoms with van der Waals surface area (Å²) in [5, 5.41) is 0. The van der Waals surface area contributed by atoms with E-state index in [1.54, 1.807) is 45.0 Å². The minimum Gasteiger partial charge on any atom is -0.460 e. The van der Waals surface area contributed by atoms with Gasteiger partial charge in [0.2, 0.25) is 0 Å². The van der Waals surface area contributed by atoms with Crippen LogP contribution in [0.4, 0.5) is 0 Å². The van der Waals surface area contributed by atoms with Gasteiger partial charge in [-0.15, -0.1) is 0 Å². The third-order valence-corrected chi connectivity index (χ3v) is 8.86. The maximum atomic E-state index is 12.9. The highest BCUT2D eigenvalue weighted by molar-refractivity contribution is 7.87. The van der Waals surface area contributed by atoms with Gasteiger partial charge in [-0.2, -0.15) is 16.8 Å². The van der Waals surface area contributed by atoms with E-state index >= 15 is 0 Å². The van der Waals surface area contributed by atoms with Crippen molar-refractivity contribution < 1.29 is 39.5 Å². The van der Waals surface area contributed by atoms with Gasteiger partial charge >= 0.3 is 5.97 Å². The molecule has 2 aromatic rings. The van der Waals surface area contributed by atoms with Crippen LogP contribution in [0, 0.1) is 19.3 Å². The van der Waals surface area contributed by atoms with Gasteiger partial charge < -0.3 is 9.47 Å². The van der Waals surface area contributed by atoms with Crippen LogP contribution in [0.1, 0.15) is 64.5 Å². The number of benzene rings is 2. The van der Waals surface area contributed by atoms with Crippen molar-refractivity contribution in [2.24, 2.45) is 5.41 Å². The summed E-state index contributed by atoms with van der Waals surface area (Å²) >= 11 is 0. The van der Waals surface area contributed by atoms with Gasteiger partial charge in [-0.25, -0.2) is 0 Å². The zero-order valence-corrected chi connectivity index (χ0v) is 25.9. The van der Waals surface area contributed by atoms with Gasteiger partial charge in [0.05, 0.1) is 42.6 Å². The van der Waals surface area contributed by atoms with Gasteiger partial charge in [-0.3, -0.25) is 13.2 Å². The Morgan fingerprint density at radius 2 is 1.25 bits per heavy atom. The molecule has 1 atom stereocenters. The number of ether oxygens (including phenoxy) is 2. The predicted molar refractivity (Wildman–Crippen MR) is 152 cm³/mol. The van der Waals surface area contributed by atoms with Crippen LogP contribution in [0.15, 0.2) is 58.3 Å². The summed E-state index contributed by atoms with van der Waals surface area (Å²) in [6, 6.07) is 12.7. The van der Waals surface area contributed by atoms with Gasteiger partial charge in [-0.1, -0.05) is 42.3 Å². The average molecular weight is 599 g/mol. The highest BCUT2D eigenvalue weighted by Gasteiger charge is 2.32. The van der Waals surface area contributed by atoms with Crippen LogP contribution in [0.2, 0.25) is 0 Å². The van der Waals surface area contributed by atoms with E-state index in [0.717, 1.165) is 11.1 Å². The quantitative estimate of drug-likeness (QED) is 0.143. The number of rotatable bonds is 16. The second kappa shape index (κ2) is 14.5. The molecule has 2 aromatic carbocycles. The maximum absolute atomic E-state index is 12.9. The Labute approximate surface area is 239 Å².